The van der Waals surface area contributed by atoms with Crippen molar-refractivity contribution in [2.24, 2.45) is 0 Å². The van der Waals surface area contributed by atoms with Gasteiger partial charge in [0.05, 0.1) is 5.25 Å². The van der Waals surface area contributed by atoms with Crippen molar-refractivity contribution in [2.75, 3.05) is 39.3 Å². The van der Waals surface area contributed by atoms with Crippen LogP contribution in [0.3, 0.4) is 0 Å². The Balaban J connectivity index is 1.73. The van der Waals surface area contributed by atoms with Crippen molar-refractivity contribution in [1.29, 1.82) is 0 Å². The molecule has 1 amide bonds. The Morgan fingerprint density at radius 1 is 1.22 bits per heavy atom. The standard InChI is InChI=1S/C18H27N3OS/c1-3-16-17(22)21(13-12-20-10-8-19-9-11-20)18(23-16)15-7-5-4-6-14(15)2/h4-7,16,18-19H,3,8-13H2,1-2H3/t16-,18-/m1/s1. The van der Waals surface area contributed by atoms with Gasteiger partial charge in [-0.15, -0.1) is 11.8 Å². The van der Waals surface area contributed by atoms with Crippen LogP contribution in [0, 0.1) is 6.92 Å². The lowest BCUT2D eigenvalue weighted by molar-refractivity contribution is -0.130. The second kappa shape index (κ2) is 7.69. The molecule has 0 unspecified atom stereocenters. The Labute approximate surface area is 143 Å². The summed E-state index contributed by atoms with van der Waals surface area (Å²) in [4.78, 5) is 17.4. The minimum absolute atomic E-state index is 0.114. The molecule has 1 aromatic rings. The smallest absolute Gasteiger partial charge is 0.236 e. The van der Waals surface area contributed by atoms with Gasteiger partial charge in [0.2, 0.25) is 5.91 Å². The number of aryl methyl sites for hydroxylation is 1. The highest BCUT2D eigenvalue weighted by Crippen LogP contribution is 2.44. The molecular weight excluding hydrogens is 306 g/mol. The number of nitrogens with zero attached hydrogens (tertiary/aromatic N) is 2. The minimum Gasteiger partial charge on any atom is -0.324 e. The van der Waals surface area contributed by atoms with E-state index in [9.17, 15) is 4.79 Å². The van der Waals surface area contributed by atoms with Crippen LogP contribution >= 0.6 is 11.8 Å². The zero-order valence-electron chi connectivity index (χ0n) is 14.1. The van der Waals surface area contributed by atoms with Crippen molar-refractivity contribution in [3.05, 3.63) is 35.4 Å². The van der Waals surface area contributed by atoms with Crippen LogP contribution in [0.1, 0.15) is 29.8 Å². The number of rotatable bonds is 5. The second-order valence-corrected chi connectivity index (χ2v) is 7.65. The molecule has 1 N–H and O–H groups in total. The summed E-state index contributed by atoms with van der Waals surface area (Å²) in [7, 11) is 0. The number of amides is 1. The van der Waals surface area contributed by atoms with Crippen molar-refractivity contribution >= 4 is 17.7 Å². The summed E-state index contributed by atoms with van der Waals surface area (Å²) in [6.07, 6.45) is 0.913. The van der Waals surface area contributed by atoms with E-state index in [4.69, 9.17) is 0 Å². The topological polar surface area (TPSA) is 35.6 Å². The number of thioether (sulfide) groups is 1. The molecule has 5 heteroatoms. The van der Waals surface area contributed by atoms with E-state index in [1.54, 1.807) is 0 Å². The normalized spacial score (nSPS) is 26.0. The Morgan fingerprint density at radius 2 is 1.96 bits per heavy atom. The first kappa shape index (κ1) is 16.8. The average molecular weight is 334 g/mol. The van der Waals surface area contributed by atoms with Crippen molar-refractivity contribution in [3.63, 3.8) is 0 Å². The van der Waals surface area contributed by atoms with Crippen molar-refractivity contribution in [1.82, 2.24) is 15.1 Å². The summed E-state index contributed by atoms with van der Waals surface area (Å²) in [6.45, 7) is 10.4. The lowest BCUT2D eigenvalue weighted by Crippen LogP contribution is -2.47. The van der Waals surface area contributed by atoms with Crippen LogP contribution in [0.4, 0.5) is 0 Å². The van der Waals surface area contributed by atoms with Gasteiger partial charge in [-0.2, -0.15) is 0 Å². The molecule has 0 aromatic heterocycles. The van der Waals surface area contributed by atoms with Crippen molar-refractivity contribution < 1.29 is 4.79 Å². The summed E-state index contributed by atoms with van der Waals surface area (Å²) in [5, 5.41) is 3.67. The third-order valence-electron chi connectivity index (χ3n) is 4.83. The molecule has 0 bridgehead atoms. The molecule has 2 atom stereocenters. The summed E-state index contributed by atoms with van der Waals surface area (Å²) >= 11 is 1.83. The quantitative estimate of drug-likeness (QED) is 0.896. The summed E-state index contributed by atoms with van der Waals surface area (Å²) in [5.41, 5.74) is 2.57. The van der Waals surface area contributed by atoms with E-state index in [0.717, 1.165) is 45.7 Å². The number of nitrogens with one attached hydrogen (secondary N) is 1. The fraction of sp³-hybridized carbons (Fsp3) is 0.611. The summed E-state index contributed by atoms with van der Waals surface area (Å²) in [6, 6.07) is 8.48. The zero-order chi connectivity index (χ0) is 16.2. The Morgan fingerprint density at radius 3 is 2.65 bits per heavy atom. The molecule has 2 saturated heterocycles. The molecule has 1 aromatic carbocycles. The van der Waals surface area contributed by atoms with Gasteiger partial charge in [-0.1, -0.05) is 31.2 Å². The van der Waals surface area contributed by atoms with Crippen LogP contribution in [-0.2, 0) is 4.79 Å². The highest BCUT2D eigenvalue weighted by Gasteiger charge is 2.40. The number of benzene rings is 1. The molecule has 2 aliphatic rings. The fourth-order valence-electron chi connectivity index (χ4n) is 3.38. The van der Waals surface area contributed by atoms with Gasteiger partial charge in [-0.25, -0.2) is 0 Å². The van der Waals surface area contributed by atoms with Crippen LogP contribution in [0.2, 0.25) is 0 Å². The van der Waals surface area contributed by atoms with Gasteiger partial charge < -0.3 is 10.2 Å². The summed E-state index contributed by atoms with van der Waals surface area (Å²) in [5.74, 6) is 0.320. The Kier molecular flexibility index (Phi) is 5.62. The van der Waals surface area contributed by atoms with Gasteiger partial charge >= 0.3 is 0 Å². The van der Waals surface area contributed by atoms with Gasteiger partial charge in [0, 0.05) is 39.3 Å². The third-order valence-corrected chi connectivity index (χ3v) is 6.46. The van der Waals surface area contributed by atoms with Gasteiger partial charge in [-0.3, -0.25) is 9.69 Å². The maximum atomic E-state index is 12.8. The summed E-state index contributed by atoms with van der Waals surface area (Å²) < 4.78 is 0. The lowest BCUT2D eigenvalue weighted by Gasteiger charge is -2.31. The largest absolute Gasteiger partial charge is 0.324 e. The maximum absolute atomic E-state index is 12.8. The molecule has 126 valence electrons. The average Bonchev–Trinajstić information content (AvgIpc) is 2.90. The lowest BCUT2D eigenvalue weighted by atomic mass is 10.1. The Hall–Kier alpha value is -1.04. The predicted molar refractivity (Wildman–Crippen MR) is 96.6 cm³/mol. The highest BCUT2D eigenvalue weighted by molar-refractivity contribution is 8.01. The SMILES string of the molecule is CC[C@H]1S[C@H](c2ccccc2C)N(CCN2CCNCC2)C1=O. The second-order valence-electron chi connectivity index (χ2n) is 6.37. The first-order valence-electron chi connectivity index (χ1n) is 8.65. The molecule has 0 saturated carbocycles. The maximum Gasteiger partial charge on any atom is 0.236 e. The molecule has 3 rings (SSSR count). The minimum atomic E-state index is 0.114. The molecule has 0 aliphatic carbocycles. The molecule has 23 heavy (non-hydrogen) atoms. The van der Waals surface area contributed by atoms with E-state index < -0.39 is 0 Å². The molecule has 4 nitrogen and oxygen atoms in total. The first-order valence-corrected chi connectivity index (χ1v) is 9.59. The van der Waals surface area contributed by atoms with Crippen LogP contribution in [0.5, 0.6) is 0 Å². The van der Waals surface area contributed by atoms with Gasteiger partial charge in [0.15, 0.2) is 0 Å². The van der Waals surface area contributed by atoms with Gasteiger partial charge in [0.1, 0.15) is 5.37 Å². The van der Waals surface area contributed by atoms with E-state index in [1.165, 1.54) is 11.1 Å². The third kappa shape index (κ3) is 3.73. The van der Waals surface area contributed by atoms with Crippen molar-refractivity contribution in [3.8, 4) is 0 Å². The number of hydrogen-bond donors (Lipinski definition) is 1. The van der Waals surface area contributed by atoms with Crippen LogP contribution < -0.4 is 5.32 Å². The fourth-order valence-corrected chi connectivity index (χ4v) is 4.90. The van der Waals surface area contributed by atoms with E-state index in [2.05, 4.69) is 53.2 Å². The van der Waals surface area contributed by atoms with E-state index in [1.807, 2.05) is 11.8 Å². The van der Waals surface area contributed by atoms with Gasteiger partial charge in [-0.05, 0) is 24.5 Å². The highest BCUT2D eigenvalue weighted by atomic mass is 32.2. The van der Waals surface area contributed by atoms with E-state index >= 15 is 0 Å². The van der Waals surface area contributed by atoms with Crippen LogP contribution in [0.15, 0.2) is 24.3 Å². The molecule has 2 heterocycles. The first-order chi connectivity index (χ1) is 11.2. The zero-order valence-corrected chi connectivity index (χ0v) is 14.9. The predicted octanol–water partition coefficient (Wildman–Crippen LogP) is 2.25. The van der Waals surface area contributed by atoms with Crippen LogP contribution in [-0.4, -0.2) is 60.2 Å². The number of carbonyl (C=O) groups excluding carboxylic acids is 1. The molecule has 0 spiro atoms. The van der Waals surface area contributed by atoms with E-state index in [-0.39, 0.29) is 10.6 Å². The van der Waals surface area contributed by atoms with E-state index in [0.29, 0.717) is 5.91 Å². The van der Waals surface area contributed by atoms with Crippen molar-refractivity contribution in [2.45, 2.75) is 30.9 Å². The molecule has 0 radical (unpaired) electrons. The van der Waals surface area contributed by atoms with Crippen LogP contribution in [0.25, 0.3) is 0 Å². The Bertz CT molecular complexity index is 545. The number of piperazine rings is 1. The molecule has 2 fully saturated rings. The monoisotopic (exact) mass is 333 g/mol. The number of hydrogen-bond acceptors (Lipinski definition) is 4. The molecular formula is C18H27N3OS. The van der Waals surface area contributed by atoms with Gasteiger partial charge in [0.25, 0.3) is 0 Å². The molecule has 2 aliphatic heterocycles. The number of carbonyl (C=O) groups is 1.